The number of methoxy groups -OCH3 is 1. The van der Waals surface area contributed by atoms with Crippen LogP contribution in [0.2, 0.25) is 0 Å². The number of hydrogen-bond acceptors (Lipinski definition) is 6. The van der Waals surface area contributed by atoms with E-state index in [0.29, 0.717) is 30.2 Å². The number of fused-ring (bicyclic) bond motifs is 1. The zero-order valence-corrected chi connectivity index (χ0v) is 19.7. The summed E-state index contributed by atoms with van der Waals surface area (Å²) in [5.74, 6) is 0.252. The van der Waals surface area contributed by atoms with Gasteiger partial charge in [-0.15, -0.1) is 0 Å². The quantitative estimate of drug-likeness (QED) is 0.439. The first kappa shape index (κ1) is 22.5. The van der Waals surface area contributed by atoms with Crippen molar-refractivity contribution in [2.24, 2.45) is 0 Å². The molecule has 176 valence electrons. The standard InChI is InChI=1S/C26H22N4O4S/c1-34-24-12-11-21(35(32,33)30-14-13-18-7-5-6-10-23(18)30)15-22(24)26(31)29-20-16-27-25(28-17-20)19-8-3-2-4-9-19/h2-12,15-17H,13-14H2,1H3,(H,29,31). The van der Waals surface area contributed by atoms with Crippen molar-refractivity contribution in [3.63, 3.8) is 0 Å². The zero-order chi connectivity index (χ0) is 24.4. The first-order valence-corrected chi connectivity index (χ1v) is 12.4. The van der Waals surface area contributed by atoms with Crippen molar-refractivity contribution in [2.75, 3.05) is 23.3 Å². The van der Waals surface area contributed by atoms with Gasteiger partial charge in [-0.05, 0) is 36.2 Å². The maximum Gasteiger partial charge on any atom is 0.264 e. The van der Waals surface area contributed by atoms with E-state index in [-0.39, 0.29) is 16.2 Å². The van der Waals surface area contributed by atoms with Gasteiger partial charge in [-0.2, -0.15) is 0 Å². The second-order valence-electron chi connectivity index (χ2n) is 7.93. The predicted octanol–water partition coefficient (Wildman–Crippen LogP) is 4.16. The minimum absolute atomic E-state index is 0.0100. The first-order valence-electron chi connectivity index (χ1n) is 10.9. The van der Waals surface area contributed by atoms with Crippen molar-refractivity contribution in [3.8, 4) is 17.1 Å². The molecule has 5 rings (SSSR count). The van der Waals surface area contributed by atoms with Crippen molar-refractivity contribution < 1.29 is 17.9 Å². The molecule has 0 radical (unpaired) electrons. The summed E-state index contributed by atoms with van der Waals surface area (Å²) < 4.78 is 33.6. The van der Waals surface area contributed by atoms with Crippen LogP contribution in [-0.4, -0.2) is 37.9 Å². The maximum absolute atomic E-state index is 13.4. The average Bonchev–Trinajstić information content (AvgIpc) is 3.34. The van der Waals surface area contributed by atoms with Crippen LogP contribution in [0, 0.1) is 0 Å². The maximum atomic E-state index is 13.4. The van der Waals surface area contributed by atoms with Crippen molar-refractivity contribution in [3.05, 3.63) is 96.3 Å². The van der Waals surface area contributed by atoms with Gasteiger partial charge in [0.25, 0.3) is 15.9 Å². The number of carbonyl (C=O) groups is 1. The Morgan fingerprint density at radius 2 is 1.69 bits per heavy atom. The third kappa shape index (κ3) is 4.33. The van der Waals surface area contributed by atoms with Crippen LogP contribution in [0.1, 0.15) is 15.9 Å². The molecule has 9 heteroatoms. The van der Waals surface area contributed by atoms with Crippen LogP contribution in [-0.2, 0) is 16.4 Å². The number of carbonyl (C=O) groups excluding carboxylic acids is 1. The number of rotatable bonds is 6. The zero-order valence-electron chi connectivity index (χ0n) is 18.9. The van der Waals surface area contributed by atoms with Crippen LogP contribution >= 0.6 is 0 Å². The summed E-state index contributed by atoms with van der Waals surface area (Å²) in [6, 6.07) is 21.1. The fourth-order valence-electron chi connectivity index (χ4n) is 4.04. The number of ether oxygens (including phenoxy) is 1. The topological polar surface area (TPSA) is 101 Å². The summed E-state index contributed by atoms with van der Waals surface area (Å²) in [5.41, 5.74) is 2.95. The van der Waals surface area contributed by atoms with Crippen LogP contribution in [0.25, 0.3) is 11.4 Å². The van der Waals surface area contributed by atoms with Gasteiger partial charge >= 0.3 is 0 Å². The number of benzene rings is 3. The van der Waals surface area contributed by atoms with Gasteiger partial charge in [0.15, 0.2) is 5.82 Å². The van der Waals surface area contributed by atoms with E-state index in [1.807, 2.05) is 48.5 Å². The molecule has 4 aromatic rings. The molecule has 2 heterocycles. The largest absolute Gasteiger partial charge is 0.496 e. The number of sulfonamides is 1. The Morgan fingerprint density at radius 3 is 2.43 bits per heavy atom. The third-order valence-corrected chi connectivity index (χ3v) is 7.60. The molecule has 8 nitrogen and oxygen atoms in total. The smallest absolute Gasteiger partial charge is 0.264 e. The Balaban J connectivity index is 1.42. The summed E-state index contributed by atoms with van der Waals surface area (Å²) in [6.07, 6.45) is 3.64. The van der Waals surface area contributed by atoms with E-state index in [1.54, 1.807) is 6.07 Å². The Bertz CT molecular complexity index is 1490. The number of amides is 1. The Morgan fingerprint density at radius 1 is 0.971 bits per heavy atom. The van der Waals surface area contributed by atoms with Crippen LogP contribution < -0.4 is 14.4 Å². The highest BCUT2D eigenvalue weighted by Gasteiger charge is 2.31. The van der Waals surface area contributed by atoms with Gasteiger partial charge < -0.3 is 10.1 Å². The normalized spacial score (nSPS) is 12.8. The fraction of sp³-hybridized carbons (Fsp3) is 0.115. The van der Waals surface area contributed by atoms with Crippen molar-refractivity contribution >= 4 is 27.3 Å². The highest BCUT2D eigenvalue weighted by atomic mass is 32.2. The van der Waals surface area contributed by atoms with E-state index >= 15 is 0 Å². The lowest BCUT2D eigenvalue weighted by Crippen LogP contribution is -2.29. The van der Waals surface area contributed by atoms with E-state index in [2.05, 4.69) is 15.3 Å². The fourth-order valence-corrected chi connectivity index (χ4v) is 5.57. The molecule has 0 spiro atoms. The SMILES string of the molecule is COc1ccc(S(=O)(=O)N2CCc3ccccc32)cc1C(=O)Nc1cnc(-c2ccccc2)nc1. The van der Waals surface area contributed by atoms with E-state index < -0.39 is 15.9 Å². The van der Waals surface area contributed by atoms with Gasteiger partial charge in [-0.1, -0.05) is 48.5 Å². The molecular weight excluding hydrogens is 464 g/mol. The molecule has 1 aliphatic rings. The molecule has 3 aromatic carbocycles. The first-order chi connectivity index (χ1) is 17.0. The van der Waals surface area contributed by atoms with E-state index in [9.17, 15) is 13.2 Å². The van der Waals surface area contributed by atoms with E-state index in [4.69, 9.17) is 4.74 Å². The summed E-state index contributed by atoms with van der Waals surface area (Å²) in [6.45, 7) is 0.348. The molecule has 1 aromatic heterocycles. The summed E-state index contributed by atoms with van der Waals surface area (Å²) >= 11 is 0. The summed E-state index contributed by atoms with van der Waals surface area (Å²) in [7, 11) is -2.44. The third-order valence-electron chi connectivity index (χ3n) is 5.79. The lowest BCUT2D eigenvalue weighted by Gasteiger charge is -2.20. The molecule has 35 heavy (non-hydrogen) atoms. The second kappa shape index (κ2) is 9.19. The van der Waals surface area contributed by atoms with Crippen LogP contribution in [0.3, 0.4) is 0 Å². The molecule has 0 bridgehead atoms. The van der Waals surface area contributed by atoms with Crippen LogP contribution in [0.5, 0.6) is 5.75 Å². The molecular formula is C26H22N4O4S. The molecule has 0 atom stereocenters. The Hall–Kier alpha value is -4.24. The lowest BCUT2D eigenvalue weighted by atomic mass is 10.2. The molecule has 0 saturated carbocycles. The molecule has 1 N–H and O–H groups in total. The highest BCUT2D eigenvalue weighted by Crippen LogP contribution is 2.34. The van der Waals surface area contributed by atoms with E-state index in [0.717, 1.165) is 11.1 Å². The Labute approximate surface area is 203 Å². The number of hydrogen-bond donors (Lipinski definition) is 1. The van der Waals surface area contributed by atoms with Gasteiger partial charge in [-0.25, -0.2) is 18.4 Å². The lowest BCUT2D eigenvalue weighted by molar-refractivity contribution is 0.102. The van der Waals surface area contributed by atoms with Gasteiger partial charge in [-0.3, -0.25) is 9.10 Å². The molecule has 0 saturated heterocycles. The van der Waals surface area contributed by atoms with Gasteiger partial charge in [0.1, 0.15) is 5.75 Å². The summed E-state index contributed by atoms with van der Waals surface area (Å²) in [4.78, 5) is 21.7. The van der Waals surface area contributed by atoms with Gasteiger partial charge in [0.2, 0.25) is 0 Å². The molecule has 0 fully saturated rings. The minimum Gasteiger partial charge on any atom is -0.496 e. The molecule has 0 unspecified atom stereocenters. The van der Waals surface area contributed by atoms with Gasteiger partial charge in [0.05, 0.1) is 41.3 Å². The van der Waals surface area contributed by atoms with Crippen LogP contribution in [0.15, 0.2) is 90.1 Å². The molecule has 1 aliphatic heterocycles. The summed E-state index contributed by atoms with van der Waals surface area (Å²) in [5, 5.41) is 2.72. The molecule has 0 aliphatic carbocycles. The van der Waals surface area contributed by atoms with Crippen molar-refractivity contribution in [1.82, 2.24) is 9.97 Å². The van der Waals surface area contributed by atoms with Gasteiger partial charge in [0, 0.05) is 12.1 Å². The number of anilines is 2. The Kier molecular flexibility index (Phi) is 5.92. The number of para-hydroxylation sites is 1. The molecule has 1 amide bonds. The predicted molar refractivity (Wildman–Crippen MR) is 133 cm³/mol. The van der Waals surface area contributed by atoms with Crippen molar-refractivity contribution in [1.29, 1.82) is 0 Å². The average molecular weight is 487 g/mol. The highest BCUT2D eigenvalue weighted by molar-refractivity contribution is 7.92. The monoisotopic (exact) mass is 486 g/mol. The number of nitrogens with zero attached hydrogens (tertiary/aromatic N) is 3. The minimum atomic E-state index is -3.87. The second-order valence-corrected chi connectivity index (χ2v) is 9.80. The van der Waals surface area contributed by atoms with E-state index in [1.165, 1.54) is 42.0 Å². The van der Waals surface area contributed by atoms with Crippen molar-refractivity contribution in [2.45, 2.75) is 11.3 Å². The number of aromatic nitrogens is 2. The number of nitrogens with one attached hydrogen (secondary N) is 1. The van der Waals surface area contributed by atoms with Crippen LogP contribution in [0.4, 0.5) is 11.4 Å².